The number of fused-ring (bicyclic) bond motifs is 1. The highest BCUT2D eigenvalue weighted by Crippen LogP contribution is 2.41. The first kappa shape index (κ1) is 20.3. The van der Waals surface area contributed by atoms with E-state index in [0.29, 0.717) is 35.1 Å². The number of nitrogens with one attached hydrogen (secondary N) is 1. The van der Waals surface area contributed by atoms with Gasteiger partial charge < -0.3 is 19.5 Å². The number of rotatable bonds is 4. The minimum Gasteiger partial charge on any atom is -0.496 e. The maximum Gasteiger partial charge on any atom is 0.407 e. The van der Waals surface area contributed by atoms with Crippen LogP contribution in [0.4, 0.5) is 9.18 Å². The minimum atomic E-state index is -0.564. The van der Waals surface area contributed by atoms with Crippen molar-refractivity contribution in [2.45, 2.75) is 38.9 Å². The van der Waals surface area contributed by atoms with Crippen LogP contribution < -0.4 is 14.8 Å². The highest BCUT2D eigenvalue weighted by atomic mass is 35.5. The minimum absolute atomic E-state index is 0.260. The molecule has 0 saturated carbocycles. The molecule has 1 atom stereocenters. The summed E-state index contributed by atoms with van der Waals surface area (Å²) in [4.78, 5) is 11.8. The van der Waals surface area contributed by atoms with Crippen LogP contribution in [-0.2, 0) is 11.2 Å². The topological polar surface area (TPSA) is 56.8 Å². The predicted octanol–water partition coefficient (Wildman–Crippen LogP) is 4.98. The number of benzene rings is 2. The summed E-state index contributed by atoms with van der Waals surface area (Å²) >= 11 is 6.40. The number of hydrogen-bond acceptors (Lipinski definition) is 4. The van der Waals surface area contributed by atoms with Gasteiger partial charge in [-0.05, 0) is 56.7 Å². The Morgan fingerprint density at radius 2 is 2.07 bits per heavy atom. The average molecular weight is 408 g/mol. The van der Waals surface area contributed by atoms with E-state index >= 15 is 0 Å². The van der Waals surface area contributed by atoms with Crippen LogP contribution in [0, 0.1) is 5.82 Å². The maximum absolute atomic E-state index is 13.7. The summed E-state index contributed by atoms with van der Waals surface area (Å²) in [5.74, 6) is 0.777. The van der Waals surface area contributed by atoms with E-state index in [2.05, 4.69) is 5.32 Å². The van der Waals surface area contributed by atoms with Crippen molar-refractivity contribution in [2.75, 3.05) is 13.7 Å². The lowest BCUT2D eigenvalue weighted by molar-refractivity contribution is 0.0506. The summed E-state index contributed by atoms with van der Waals surface area (Å²) in [5, 5.41) is 3.14. The molecular weight excluding hydrogens is 385 g/mol. The Labute approximate surface area is 168 Å². The zero-order chi connectivity index (χ0) is 20.5. The number of halogens is 2. The zero-order valence-electron chi connectivity index (χ0n) is 16.3. The third-order valence-corrected chi connectivity index (χ3v) is 4.48. The van der Waals surface area contributed by atoms with Crippen molar-refractivity contribution in [3.05, 3.63) is 46.7 Å². The van der Waals surface area contributed by atoms with E-state index in [1.807, 2.05) is 6.07 Å². The first-order valence-electron chi connectivity index (χ1n) is 8.96. The molecule has 0 spiro atoms. The van der Waals surface area contributed by atoms with Gasteiger partial charge in [-0.15, -0.1) is 0 Å². The Morgan fingerprint density at radius 3 is 2.75 bits per heavy atom. The fourth-order valence-corrected chi connectivity index (χ4v) is 3.36. The molecule has 1 amide bonds. The molecule has 5 nitrogen and oxygen atoms in total. The molecule has 0 fully saturated rings. The lowest BCUT2D eigenvalue weighted by atomic mass is 10.00. The standard InChI is InChI=1S/C21H23ClFNO4/c1-21(2,3)28-20(25)24-11-15-8-13-7-12(9-17(22)19(13)27-15)16-10-14(23)5-6-18(16)26-4/h5-7,9-10,15H,8,11H2,1-4H3,(H,24,25). The highest BCUT2D eigenvalue weighted by Gasteiger charge is 2.27. The van der Waals surface area contributed by atoms with Crippen LogP contribution in [0.3, 0.4) is 0 Å². The van der Waals surface area contributed by atoms with Crippen molar-refractivity contribution in [3.8, 4) is 22.6 Å². The van der Waals surface area contributed by atoms with Gasteiger partial charge in [0.05, 0.1) is 18.7 Å². The van der Waals surface area contributed by atoms with Crippen LogP contribution in [0.1, 0.15) is 26.3 Å². The van der Waals surface area contributed by atoms with E-state index in [-0.39, 0.29) is 11.9 Å². The molecule has 2 aromatic carbocycles. The molecule has 0 bridgehead atoms. The maximum atomic E-state index is 13.7. The van der Waals surface area contributed by atoms with Gasteiger partial charge in [-0.3, -0.25) is 0 Å². The number of amides is 1. The van der Waals surface area contributed by atoms with Crippen molar-refractivity contribution >= 4 is 17.7 Å². The first-order chi connectivity index (χ1) is 13.2. The molecule has 1 unspecified atom stereocenters. The van der Waals surface area contributed by atoms with Gasteiger partial charge in [-0.25, -0.2) is 9.18 Å². The molecule has 0 aliphatic carbocycles. The number of methoxy groups -OCH3 is 1. The second-order valence-corrected chi connectivity index (χ2v) is 8.02. The van der Waals surface area contributed by atoms with Gasteiger partial charge in [-0.2, -0.15) is 0 Å². The van der Waals surface area contributed by atoms with Crippen LogP contribution >= 0.6 is 11.6 Å². The number of ether oxygens (including phenoxy) is 3. The Hall–Kier alpha value is -2.47. The summed E-state index contributed by atoms with van der Waals surface area (Å²) in [6.07, 6.45) is -0.191. The molecule has 0 aromatic heterocycles. The van der Waals surface area contributed by atoms with Crippen LogP contribution in [0.2, 0.25) is 5.02 Å². The van der Waals surface area contributed by atoms with Crippen molar-refractivity contribution in [3.63, 3.8) is 0 Å². The summed E-state index contributed by atoms with van der Waals surface area (Å²) in [6, 6.07) is 7.97. The van der Waals surface area contributed by atoms with Crippen molar-refractivity contribution in [1.82, 2.24) is 5.32 Å². The second-order valence-electron chi connectivity index (χ2n) is 7.62. The predicted molar refractivity (Wildman–Crippen MR) is 106 cm³/mol. The molecule has 1 heterocycles. The molecule has 3 rings (SSSR count). The quantitative estimate of drug-likeness (QED) is 0.776. The first-order valence-corrected chi connectivity index (χ1v) is 9.34. The van der Waals surface area contributed by atoms with Gasteiger partial charge in [0.15, 0.2) is 0 Å². The van der Waals surface area contributed by atoms with Gasteiger partial charge in [0.2, 0.25) is 0 Å². The van der Waals surface area contributed by atoms with Crippen molar-refractivity contribution < 1.29 is 23.4 Å². The molecule has 1 aliphatic rings. The molecule has 28 heavy (non-hydrogen) atoms. The number of carbonyl (C=O) groups is 1. The molecule has 1 aliphatic heterocycles. The molecule has 7 heteroatoms. The van der Waals surface area contributed by atoms with Crippen molar-refractivity contribution in [2.24, 2.45) is 0 Å². The number of carbonyl (C=O) groups excluding carboxylic acids is 1. The molecular formula is C21H23ClFNO4. The van der Waals surface area contributed by atoms with Crippen LogP contribution in [0.5, 0.6) is 11.5 Å². The van der Waals surface area contributed by atoms with E-state index < -0.39 is 11.7 Å². The summed E-state index contributed by atoms with van der Waals surface area (Å²) < 4.78 is 30.2. The van der Waals surface area contributed by atoms with Gasteiger partial charge in [-0.1, -0.05) is 11.6 Å². The van der Waals surface area contributed by atoms with Gasteiger partial charge >= 0.3 is 6.09 Å². The monoisotopic (exact) mass is 407 g/mol. The smallest absolute Gasteiger partial charge is 0.407 e. The van der Waals surface area contributed by atoms with Crippen LogP contribution in [0.15, 0.2) is 30.3 Å². The fraction of sp³-hybridized carbons (Fsp3) is 0.381. The van der Waals surface area contributed by atoms with Gasteiger partial charge in [0, 0.05) is 17.5 Å². The Morgan fingerprint density at radius 1 is 1.32 bits per heavy atom. The lowest BCUT2D eigenvalue weighted by Crippen LogP contribution is -2.38. The highest BCUT2D eigenvalue weighted by molar-refractivity contribution is 6.32. The van der Waals surface area contributed by atoms with E-state index in [0.717, 1.165) is 11.1 Å². The van der Waals surface area contributed by atoms with Crippen molar-refractivity contribution in [1.29, 1.82) is 0 Å². The normalized spacial score (nSPS) is 15.6. The molecule has 1 N–H and O–H groups in total. The Balaban J connectivity index is 1.75. The Bertz CT molecular complexity index is 895. The lowest BCUT2D eigenvalue weighted by Gasteiger charge is -2.20. The molecule has 2 aromatic rings. The fourth-order valence-electron chi connectivity index (χ4n) is 3.07. The third kappa shape index (κ3) is 4.68. The number of hydrogen-bond donors (Lipinski definition) is 1. The summed E-state index contributed by atoms with van der Waals surface area (Å²) in [5.41, 5.74) is 1.68. The van der Waals surface area contributed by atoms with Crippen LogP contribution in [0.25, 0.3) is 11.1 Å². The molecule has 0 radical (unpaired) electrons. The molecule has 0 saturated heterocycles. The van der Waals surface area contributed by atoms with E-state index in [4.69, 9.17) is 25.8 Å². The van der Waals surface area contributed by atoms with E-state index in [1.54, 1.807) is 32.9 Å². The molecule has 150 valence electrons. The van der Waals surface area contributed by atoms with Gasteiger partial charge in [0.25, 0.3) is 0 Å². The summed E-state index contributed by atoms with van der Waals surface area (Å²) in [7, 11) is 1.53. The van der Waals surface area contributed by atoms with E-state index in [1.165, 1.54) is 19.2 Å². The Kier molecular flexibility index (Phi) is 5.70. The second kappa shape index (κ2) is 7.87. The van der Waals surface area contributed by atoms with Gasteiger partial charge in [0.1, 0.15) is 29.0 Å². The SMILES string of the molecule is COc1ccc(F)cc1-c1cc(Cl)c2c(c1)CC(CNC(=O)OC(C)(C)C)O2. The zero-order valence-corrected chi connectivity index (χ0v) is 17.0. The number of alkyl carbamates (subject to hydrolysis) is 1. The average Bonchev–Trinajstić information content (AvgIpc) is 3.02. The van der Waals surface area contributed by atoms with E-state index in [9.17, 15) is 9.18 Å². The largest absolute Gasteiger partial charge is 0.496 e. The summed E-state index contributed by atoms with van der Waals surface area (Å²) in [6.45, 7) is 5.70. The third-order valence-electron chi connectivity index (χ3n) is 4.20. The van der Waals surface area contributed by atoms with Crippen LogP contribution in [-0.4, -0.2) is 31.5 Å².